The number of esters is 4. The highest BCUT2D eigenvalue weighted by Gasteiger charge is 2.30. The zero-order valence-corrected chi connectivity index (χ0v) is 66.9. The first kappa shape index (κ1) is 97.5. The molecule has 0 bridgehead atoms. The summed E-state index contributed by atoms with van der Waals surface area (Å²) in [5.74, 6) is 0.167. The van der Waals surface area contributed by atoms with Gasteiger partial charge in [-0.2, -0.15) is 0 Å². The van der Waals surface area contributed by atoms with Crippen LogP contribution in [0, 0.1) is 17.8 Å². The first-order valence-corrected chi connectivity index (χ1v) is 44.2. The molecular formula is C81H154O17P2. The van der Waals surface area contributed by atoms with E-state index in [1.807, 2.05) is 0 Å². The number of unbranched alkanes of at least 4 members (excludes halogenated alkanes) is 41. The second kappa shape index (κ2) is 70.8. The van der Waals surface area contributed by atoms with E-state index in [9.17, 15) is 43.2 Å². The maximum absolute atomic E-state index is 13.1. The van der Waals surface area contributed by atoms with E-state index in [0.717, 1.165) is 121 Å². The van der Waals surface area contributed by atoms with Crippen molar-refractivity contribution in [1.82, 2.24) is 0 Å². The van der Waals surface area contributed by atoms with Crippen LogP contribution in [-0.2, 0) is 65.4 Å². The molecule has 0 rings (SSSR count). The Labute approximate surface area is 612 Å². The van der Waals surface area contributed by atoms with Crippen molar-refractivity contribution in [3.05, 3.63) is 24.3 Å². The predicted molar refractivity (Wildman–Crippen MR) is 409 cm³/mol. The number of rotatable bonds is 77. The van der Waals surface area contributed by atoms with Gasteiger partial charge in [0, 0.05) is 25.7 Å². The van der Waals surface area contributed by atoms with Crippen molar-refractivity contribution in [2.24, 2.45) is 17.8 Å². The van der Waals surface area contributed by atoms with E-state index >= 15 is 0 Å². The summed E-state index contributed by atoms with van der Waals surface area (Å²) in [5.41, 5.74) is 0. The van der Waals surface area contributed by atoms with Crippen molar-refractivity contribution in [1.29, 1.82) is 0 Å². The molecule has 6 atom stereocenters. The third-order valence-corrected chi connectivity index (χ3v) is 20.5. The van der Waals surface area contributed by atoms with Crippen molar-refractivity contribution in [3.8, 4) is 0 Å². The molecule has 3 N–H and O–H groups in total. The second-order valence-corrected chi connectivity index (χ2v) is 32.6. The van der Waals surface area contributed by atoms with Crippen molar-refractivity contribution in [2.75, 3.05) is 39.6 Å². The molecule has 3 unspecified atom stereocenters. The normalized spacial score (nSPS) is 14.4. The van der Waals surface area contributed by atoms with Crippen molar-refractivity contribution in [3.63, 3.8) is 0 Å². The maximum atomic E-state index is 13.1. The lowest BCUT2D eigenvalue weighted by Gasteiger charge is -2.21. The van der Waals surface area contributed by atoms with Crippen LogP contribution in [0.5, 0.6) is 0 Å². The van der Waals surface area contributed by atoms with Gasteiger partial charge in [0.2, 0.25) is 0 Å². The summed E-state index contributed by atoms with van der Waals surface area (Å²) in [7, 11) is -9.93. The number of carbonyl (C=O) groups is 4. The highest BCUT2D eigenvalue weighted by Crippen LogP contribution is 2.45. The van der Waals surface area contributed by atoms with Crippen LogP contribution in [0.2, 0.25) is 0 Å². The molecule has 0 aromatic carbocycles. The van der Waals surface area contributed by atoms with Crippen LogP contribution in [0.1, 0.15) is 395 Å². The molecule has 0 heterocycles. The van der Waals surface area contributed by atoms with Gasteiger partial charge in [0.25, 0.3) is 0 Å². The molecule has 0 aliphatic carbocycles. The summed E-state index contributed by atoms with van der Waals surface area (Å²) in [6.07, 6.45) is 62.1. The zero-order chi connectivity index (χ0) is 73.7. The monoisotopic (exact) mass is 1460 g/mol. The Bertz CT molecular complexity index is 2040. The van der Waals surface area contributed by atoms with Gasteiger partial charge in [-0.3, -0.25) is 37.3 Å². The van der Waals surface area contributed by atoms with Gasteiger partial charge < -0.3 is 33.8 Å². The minimum Gasteiger partial charge on any atom is -0.462 e. The smallest absolute Gasteiger partial charge is 0.462 e. The van der Waals surface area contributed by atoms with Gasteiger partial charge in [0.05, 0.1) is 26.4 Å². The van der Waals surface area contributed by atoms with Gasteiger partial charge in [-0.1, -0.05) is 342 Å². The number of phosphoric acid groups is 2. The summed E-state index contributed by atoms with van der Waals surface area (Å²) >= 11 is 0. The first-order chi connectivity index (χ1) is 48.3. The van der Waals surface area contributed by atoms with Gasteiger partial charge in [-0.15, -0.1) is 0 Å². The highest BCUT2D eigenvalue weighted by molar-refractivity contribution is 7.47. The molecule has 0 aromatic heterocycles. The quantitative estimate of drug-likeness (QED) is 0.0169. The minimum atomic E-state index is -4.97. The largest absolute Gasteiger partial charge is 0.472 e. The number of carbonyl (C=O) groups excluding carboxylic acids is 4. The summed E-state index contributed by atoms with van der Waals surface area (Å²) in [6, 6.07) is 0. The Morgan fingerprint density at radius 3 is 0.890 bits per heavy atom. The van der Waals surface area contributed by atoms with Gasteiger partial charge in [-0.25, -0.2) is 9.13 Å². The molecule has 0 aliphatic heterocycles. The number of aliphatic hydroxyl groups is 1. The Morgan fingerprint density at radius 1 is 0.330 bits per heavy atom. The van der Waals surface area contributed by atoms with Gasteiger partial charge in [0.15, 0.2) is 12.2 Å². The summed E-state index contributed by atoms with van der Waals surface area (Å²) in [4.78, 5) is 72.9. The van der Waals surface area contributed by atoms with Crippen LogP contribution in [0.15, 0.2) is 24.3 Å². The third-order valence-electron chi connectivity index (χ3n) is 18.6. The lowest BCUT2D eigenvalue weighted by Crippen LogP contribution is -2.30. The highest BCUT2D eigenvalue weighted by atomic mass is 31.2. The number of aliphatic hydroxyl groups excluding tert-OH is 1. The van der Waals surface area contributed by atoms with Gasteiger partial charge in [-0.05, 0) is 69.1 Å². The Hall–Kier alpha value is -2.46. The van der Waals surface area contributed by atoms with E-state index in [-0.39, 0.29) is 25.7 Å². The van der Waals surface area contributed by atoms with Crippen LogP contribution < -0.4 is 0 Å². The fraction of sp³-hybridized carbons (Fsp3) is 0.901. The lowest BCUT2D eigenvalue weighted by atomic mass is 9.99. The molecule has 0 aromatic rings. The zero-order valence-electron chi connectivity index (χ0n) is 65.2. The van der Waals surface area contributed by atoms with Crippen LogP contribution in [0.4, 0.5) is 0 Å². The van der Waals surface area contributed by atoms with Gasteiger partial charge in [0.1, 0.15) is 19.3 Å². The maximum Gasteiger partial charge on any atom is 0.472 e. The molecule has 100 heavy (non-hydrogen) atoms. The van der Waals surface area contributed by atoms with E-state index in [1.54, 1.807) is 0 Å². The fourth-order valence-corrected chi connectivity index (χ4v) is 13.5. The van der Waals surface area contributed by atoms with Gasteiger partial charge >= 0.3 is 39.5 Å². The molecule has 0 radical (unpaired) electrons. The number of phosphoric ester groups is 2. The molecule has 0 saturated heterocycles. The van der Waals surface area contributed by atoms with E-state index in [2.05, 4.69) is 72.8 Å². The fourth-order valence-electron chi connectivity index (χ4n) is 11.9. The molecular weight excluding hydrogens is 1310 g/mol. The molecule has 17 nitrogen and oxygen atoms in total. The summed E-state index contributed by atoms with van der Waals surface area (Å²) in [5, 5.41) is 10.6. The minimum absolute atomic E-state index is 0.0838. The number of allylic oxidation sites excluding steroid dienone is 4. The standard InChI is InChI=1S/C81H154O17P2/c1-8-10-11-12-13-14-15-16-21-26-31-36-41-50-57-64-80(85)98-77(69-92-79(84)63-56-49-44-43-46-53-60-73(5)6)71-96-100(89,90)94-67-75(82)66-93-99(87,88)95-70-76(97-81(86)65-58-51-42-37-32-27-28-33-38-45-52-59-72(3)4)68-91-78(83)62-55-48-40-35-30-25-23-20-18-17-19-22-24-29-34-39-47-54-61-74(7)9-2/h14-16,21,72-77,82H,8-13,17-20,22-71H2,1-7H3,(H,87,88)(H,89,90)/b15-14-,21-16-/t74?,75-,76-,77-/m1/s1. The summed E-state index contributed by atoms with van der Waals surface area (Å²) < 4.78 is 68.6. The Kier molecular flexibility index (Phi) is 69.1. The molecule has 0 fully saturated rings. The Balaban J connectivity index is 5.21. The van der Waals surface area contributed by atoms with E-state index in [1.165, 1.54) is 186 Å². The second-order valence-electron chi connectivity index (χ2n) is 29.7. The topological polar surface area (TPSA) is 237 Å². The lowest BCUT2D eigenvalue weighted by molar-refractivity contribution is -0.161. The van der Waals surface area contributed by atoms with E-state index in [4.69, 9.17) is 37.0 Å². The van der Waals surface area contributed by atoms with Crippen LogP contribution in [0.25, 0.3) is 0 Å². The number of ether oxygens (including phenoxy) is 4. The van der Waals surface area contributed by atoms with Crippen molar-refractivity contribution >= 4 is 39.5 Å². The third kappa shape index (κ3) is 72.5. The van der Waals surface area contributed by atoms with Crippen LogP contribution >= 0.6 is 15.6 Å². The molecule has 0 spiro atoms. The van der Waals surface area contributed by atoms with E-state index < -0.39 is 97.5 Å². The van der Waals surface area contributed by atoms with Crippen LogP contribution in [-0.4, -0.2) is 96.7 Å². The molecule has 590 valence electrons. The summed E-state index contributed by atoms with van der Waals surface area (Å²) in [6.45, 7) is 11.8. The predicted octanol–water partition coefficient (Wildman–Crippen LogP) is 23.7. The Morgan fingerprint density at radius 2 is 0.590 bits per heavy atom. The molecule has 19 heteroatoms. The molecule has 0 aliphatic rings. The number of hydrogen-bond donors (Lipinski definition) is 3. The molecule has 0 saturated carbocycles. The SMILES string of the molecule is CCCCCC/C=C\C=C/CCCCCCCC(=O)O[C@H](COC(=O)CCCCCCCCC(C)C)COP(=O)(O)OC[C@H](O)COP(=O)(O)OC[C@@H](COC(=O)CCCCCCCCCCCCCCCCCCCCC(C)CC)OC(=O)CCCCCCCCCCCCCC(C)C. The average Bonchev–Trinajstić information content (AvgIpc) is 0.945. The van der Waals surface area contributed by atoms with Crippen LogP contribution in [0.3, 0.4) is 0 Å². The molecule has 0 amide bonds. The average molecular weight is 1460 g/mol. The van der Waals surface area contributed by atoms with Crippen molar-refractivity contribution in [2.45, 2.75) is 414 Å². The van der Waals surface area contributed by atoms with E-state index in [0.29, 0.717) is 31.6 Å². The van der Waals surface area contributed by atoms with Crippen molar-refractivity contribution < 1.29 is 80.2 Å². The number of hydrogen-bond acceptors (Lipinski definition) is 15. The first-order valence-electron chi connectivity index (χ1n) is 41.2.